The Hall–Kier alpha value is -0.890. The molecule has 0 N–H and O–H groups in total. The quantitative estimate of drug-likeness (QED) is 0.399. The van der Waals surface area contributed by atoms with Crippen LogP contribution in [0.1, 0.15) is 0 Å². The maximum atomic E-state index is 5.79. The Morgan fingerprint density at radius 1 is 1.18 bits per heavy atom. The summed E-state index contributed by atoms with van der Waals surface area (Å²) >= 11 is 5.79. The van der Waals surface area contributed by atoms with Crippen LogP contribution in [0, 0.1) is 6.92 Å². The van der Waals surface area contributed by atoms with E-state index in [1.54, 1.807) is 0 Å². The van der Waals surface area contributed by atoms with E-state index in [9.17, 15) is 0 Å². The Labute approximate surface area is 69.2 Å². The average molecular weight is 166 g/mol. The summed E-state index contributed by atoms with van der Waals surface area (Å²) in [5, 5.41) is 0.610. The predicted octanol–water partition coefficient (Wildman–Crippen LogP) is 0.666. The number of hydrogen-bond donors (Lipinski definition) is 0. The smallest absolute Gasteiger partial charge is 0.226 e. The third-order valence-electron chi connectivity index (χ3n) is 1.47. The summed E-state index contributed by atoms with van der Waals surface area (Å²) in [7, 11) is 0. The molecule has 0 saturated heterocycles. The van der Waals surface area contributed by atoms with Crippen molar-refractivity contribution in [1.29, 1.82) is 0 Å². The van der Waals surface area contributed by atoms with Gasteiger partial charge in [-0.05, 0) is 12.1 Å². The fourth-order valence-corrected chi connectivity index (χ4v) is 1.23. The summed E-state index contributed by atoms with van der Waals surface area (Å²) in [4.78, 5) is 8.14. The lowest BCUT2D eigenvalue weighted by molar-refractivity contribution is 0.778. The Kier molecular flexibility index (Phi) is 1.26. The van der Waals surface area contributed by atoms with Crippen molar-refractivity contribution in [2.45, 2.75) is 5.12 Å². The van der Waals surface area contributed by atoms with Crippen LogP contribution in [0.3, 0.4) is 0 Å². The van der Waals surface area contributed by atoms with Gasteiger partial charge in [0.2, 0.25) is 5.12 Å². The van der Waals surface area contributed by atoms with Crippen molar-refractivity contribution in [3.05, 3.63) is 41.9 Å². The van der Waals surface area contributed by atoms with Gasteiger partial charge in [0, 0.05) is 6.92 Å². The van der Waals surface area contributed by atoms with Gasteiger partial charge in [-0.1, -0.05) is 23.7 Å². The minimum atomic E-state index is -1.02. The normalized spacial score (nSPS) is 18.4. The monoisotopic (exact) mass is 165 g/mol. The van der Waals surface area contributed by atoms with Gasteiger partial charge in [0.05, 0.1) is 10.7 Å². The molecule has 0 spiro atoms. The topological polar surface area (TPSA) is 24.7 Å². The summed E-state index contributed by atoms with van der Waals surface area (Å²) in [5.74, 6) is 0. The van der Waals surface area contributed by atoms with Crippen molar-refractivity contribution in [3.8, 4) is 0 Å². The molecule has 55 valence electrons. The van der Waals surface area contributed by atoms with Gasteiger partial charge in [0.25, 0.3) is 0 Å². The zero-order chi connectivity index (χ0) is 7.90. The molecule has 1 heterocycles. The molecular formula is C8H6ClN2. The second-order valence-electron chi connectivity index (χ2n) is 2.43. The highest BCUT2D eigenvalue weighted by atomic mass is 35.5. The molecule has 0 bridgehead atoms. The highest BCUT2D eigenvalue weighted by Gasteiger charge is 2.20. The van der Waals surface area contributed by atoms with Crippen LogP contribution in [0.15, 0.2) is 34.3 Å². The highest BCUT2D eigenvalue weighted by Crippen LogP contribution is 2.16. The van der Waals surface area contributed by atoms with Crippen LogP contribution >= 0.6 is 11.6 Å². The predicted molar refractivity (Wildman–Crippen MR) is 42.7 cm³/mol. The number of benzene rings is 1. The molecule has 2 rings (SSSR count). The number of rotatable bonds is 0. The van der Waals surface area contributed by atoms with E-state index < -0.39 is 5.12 Å². The van der Waals surface area contributed by atoms with Crippen LogP contribution in [-0.2, 0) is 0 Å². The molecule has 0 saturated carbocycles. The highest BCUT2D eigenvalue weighted by molar-refractivity contribution is 6.24. The van der Waals surface area contributed by atoms with Gasteiger partial charge in [0.1, 0.15) is 0 Å². The van der Waals surface area contributed by atoms with Crippen molar-refractivity contribution in [2.75, 3.05) is 0 Å². The zero-order valence-corrected chi connectivity index (χ0v) is 6.54. The van der Waals surface area contributed by atoms with Crippen LogP contribution < -0.4 is 10.7 Å². The van der Waals surface area contributed by atoms with Crippen molar-refractivity contribution >= 4 is 11.6 Å². The standard InChI is InChI=1S/C8H6ClN2/c1-8(9)10-6-4-2-3-5-7(6)11-8/h2-5H,1H2. The third-order valence-corrected chi connectivity index (χ3v) is 1.63. The largest absolute Gasteiger partial charge is 0.238 e. The van der Waals surface area contributed by atoms with E-state index in [-0.39, 0.29) is 0 Å². The first-order valence-corrected chi connectivity index (χ1v) is 3.64. The number of nitrogens with zero attached hydrogens (tertiary/aromatic N) is 2. The Morgan fingerprint density at radius 2 is 1.64 bits per heavy atom. The van der Waals surface area contributed by atoms with Crippen LogP contribution in [0.25, 0.3) is 0 Å². The molecule has 0 atom stereocenters. The van der Waals surface area contributed by atoms with Gasteiger partial charge in [-0.15, -0.1) is 0 Å². The summed E-state index contributed by atoms with van der Waals surface area (Å²) in [6.07, 6.45) is 0. The van der Waals surface area contributed by atoms with Gasteiger partial charge in [-0.25, -0.2) is 9.98 Å². The van der Waals surface area contributed by atoms with Crippen molar-refractivity contribution in [1.82, 2.24) is 0 Å². The summed E-state index contributed by atoms with van der Waals surface area (Å²) in [6.45, 7) is 3.62. The minimum absolute atomic E-state index is 0.817. The molecule has 0 aliphatic carbocycles. The van der Waals surface area contributed by atoms with Gasteiger partial charge in [-0.3, -0.25) is 0 Å². The number of hydrogen-bond acceptors (Lipinski definition) is 2. The molecule has 2 nitrogen and oxygen atoms in total. The molecule has 0 fully saturated rings. The van der Waals surface area contributed by atoms with Gasteiger partial charge < -0.3 is 0 Å². The number of para-hydroxylation sites is 2. The molecule has 1 aromatic rings. The maximum Gasteiger partial charge on any atom is 0.226 e. The molecule has 0 aromatic heterocycles. The molecule has 1 radical (unpaired) electrons. The molecular weight excluding hydrogens is 160 g/mol. The maximum absolute atomic E-state index is 5.79. The van der Waals surface area contributed by atoms with Crippen molar-refractivity contribution in [2.24, 2.45) is 9.98 Å². The van der Waals surface area contributed by atoms with Crippen molar-refractivity contribution < 1.29 is 0 Å². The van der Waals surface area contributed by atoms with Gasteiger partial charge >= 0.3 is 0 Å². The summed E-state index contributed by atoms with van der Waals surface area (Å²) < 4.78 is 0. The van der Waals surface area contributed by atoms with Gasteiger partial charge in [-0.2, -0.15) is 0 Å². The second-order valence-corrected chi connectivity index (χ2v) is 3.04. The van der Waals surface area contributed by atoms with Crippen molar-refractivity contribution in [3.63, 3.8) is 0 Å². The van der Waals surface area contributed by atoms with E-state index in [1.165, 1.54) is 0 Å². The molecule has 3 heteroatoms. The fraction of sp³-hybridized carbons (Fsp3) is 0.125. The fourth-order valence-electron chi connectivity index (χ4n) is 1.05. The van der Waals surface area contributed by atoms with Crippen LogP contribution in [0.4, 0.5) is 0 Å². The molecule has 1 aliphatic rings. The van der Waals surface area contributed by atoms with Crippen LogP contribution in [0.5, 0.6) is 0 Å². The number of halogens is 1. The lowest BCUT2D eigenvalue weighted by Gasteiger charge is -2.03. The van der Waals surface area contributed by atoms with E-state index in [0.29, 0.717) is 0 Å². The number of alkyl halides is 1. The number of fused-ring (bicyclic) bond motifs is 1. The molecule has 0 unspecified atom stereocenters. The van der Waals surface area contributed by atoms with E-state index in [2.05, 4.69) is 16.9 Å². The SMILES string of the molecule is [CH2]C1(Cl)N=c2ccccc2=N1. The Morgan fingerprint density at radius 3 is 2.09 bits per heavy atom. The minimum Gasteiger partial charge on any atom is -0.238 e. The molecule has 1 aromatic carbocycles. The molecule has 11 heavy (non-hydrogen) atoms. The third kappa shape index (κ3) is 1.14. The van der Waals surface area contributed by atoms with E-state index in [0.717, 1.165) is 10.7 Å². The molecule has 1 aliphatic heterocycles. The summed E-state index contributed by atoms with van der Waals surface area (Å²) in [6, 6.07) is 7.54. The first-order valence-electron chi connectivity index (χ1n) is 3.26. The molecule has 0 amide bonds. The Bertz CT molecular complexity index is 358. The first-order chi connectivity index (χ1) is 5.17. The van der Waals surface area contributed by atoms with E-state index in [1.807, 2.05) is 24.3 Å². The van der Waals surface area contributed by atoms with Gasteiger partial charge in [0.15, 0.2) is 0 Å². The summed E-state index contributed by atoms with van der Waals surface area (Å²) in [5.41, 5.74) is 0. The van der Waals surface area contributed by atoms with E-state index >= 15 is 0 Å². The van der Waals surface area contributed by atoms with Crippen LogP contribution in [0.2, 0.25) is 0 Å². The van der Waals surface area contributed by atoms with E-state index in [4.69, 9.17) is 11.6 Å². The Balaban J connectivity index is 2.81. The zero-order valence-electron chi connectivity index (χ0n) is 5.79. The second kappa shape index (κ2) is 2.05. The first kappa shape index (κ1) is 6.80. The lowest BCUT2D eigenvalue weighted by atomic mass is 10.3. The average Bonchev–Trinajstić information content (AvgIpc) is 2.21. The van der Waals surface area contributed by atoms with Crippen LogP contribution in [-0.4, -0.2) is 5.12 Å². The lowest BCUT2D eigenvalue weighted by Crippen LogP contribution is -2.19.